The van der Waals surface area contributed by atoms with Crippen molar-refractivity contribution in [3.05, 3.63) is 105 Å². The van der Waals surface area contributed by atoms with Gasteiger partial charge in [-0.2, -0.15) is 0 Å². The molecule has 6 heteroatoms. The second-order valence-corrected chi connectivity index (χ2v) is 7.36. The first-order valence-corrected chi connectivity index (χ1v) is 9.91. The molecule has 0 aliphatic carbocycles. The second kappa shape index (κ2) is 8.78. The first-order valence-electron chi connectivity index (χ1n) is 9.91. The average molecular weight is 402 g/mol. The SMILES string of the molecule is O=C1CCc2ccccc2C(Cc2ccc([N+](=O)[O-])c(OCc3ccccc3)c2)N1. The number of hydrogen-bond donors (Lipinski definition) is 1. The number of nitrogens with one attached hydrogen (secondary N) is 1. The van der Waals surface area contributed by atoms with E-state index in [0.29, 0.717) is 19.3 Å². The van der Waals surface area contributed by atoms with Gasteiger partial charge in [0, 0.05) is 12.5 Å². The molecule has 1 heterocycles. The Hall–Kier alpha value is -3.67. The maximum atomic E-state index is 12.2. The monoisotopic (exact) mass is 402 g/mol. The Morgan fingerprint density at radius 3 is 2.53 bits per heavy atom. The van der Waals surface area contributed by atoms with E-state index in [4.69, 9.17) is 4.74 Å². The zero-order valence-corrected chi connectivity index (χ0v) is 16.4. The highest BCUT2D eigenvalue weighted by molar-refractivity contribution is 5.77. The largest absolute Gasteiger partial charge is 0.482 e. The Morgan fingerprint density at radius 2 is 1.73 bits per heavy atom. The second-order valence-electron chi connectivity index (χ2n) is 7.36. The Kier molecular flexibility index (Phi) is 5.75. The first-order chi connectivity index (χ1) is 14.6. The number of aryl methyl sites for hydroxylation is 1. The Balaban J connectivity index is 1.60. The molecule has 152 valence electrons. The van der Waals surface area contributed by atoms with Crippen LogP contribution in [0.15, 0.2) is 72.8 Å². The molecular weight excluding hydrogens is 380 g/mol. The van der Waals surface area contributed by atoms with Crippen LogP contribution in [0.5, 0.6) is 5.75 Å². The summed E-state index contributed by atoms with van der Waals surface area (Å²) in [6.45, 7) is 0.244. The molecule has 0 aromatic heterocycles. The van der Waals surface area contributed by atoms with Crippen molar-refractivity contribution in [3.8, 4) is 5.75 Å². The smallest absolute Gasteiger partial charge is 0.310 e. The Morgan fingerprint density at radius 1 is 0.967 bits per heavy atom. The van der Waals surface area contributed by atoms with E-state index < -0.39 is 4.92 Å². The van der Waals surface area contributed by atoms with Crippen molar-refractivity contribution in [2.45, 2.75) is 31.9 Å². The maximum Gasteiger partial charge on any atom is 0.310 e. The highest BCUT2D eigenvalue weighted by Crippen LogP contribution is 2.32. The van der Waals surface area contributed by atoms with Crippen LogP contribution in [0.1, 0.15) is 34.7 Å². The standard InChI is InChI=1S/C24H22N2O4/c27-24-13-11-19-8-4-5-9-20(19)21(25-24)14-18-10-12-22(26(28)29)23(15-18)30-16-17-6-2-1-3-7-17/h1-10,12,15,21H,11,13-14,16H2,(H,25,27). The van der Waals surface area contributed by atoms with Crippen molar-refractivity contribution < 1.29 is 14.5 Å². The fourth-order valence-corrected chi connectivity index (χ4v) is 3.78. The molecule has 1 aliphatic heterocycles. The van der Waals surface area contributed by atoms with E-state index >= 15 is 0 Å². The number of hydrogen-bond acceptors (Lipinski definition) is 4. The summed E-state index contributed by atoms with van der Waals surface area (Å²) < 4.78 is 5.80. The average Bonchev–Trinajstić information content (AvgIpc) is 2.92. The molecule has 3 aromatic rings. The molecule has 4 rings (SSSR count). The molecule has 1 N–H and O–H groups in total. The highest BCUT2D eigenvalue weighted by atomic mass is 16.6. The molecule has 1 amide bonds. The van der Waals surface area contributed by atoms with Gasteiger partial charge < -0.3 is 10.1 Å². The van der Waals surface area contributed by atoms with Crippen LogP contribution in [-0.2, 0) is 24.2 Å². The molecule has 6 nitrogen and oxygen atoms in total. The molecule has 0 saturated heterocycles. The minimum Gasteiger partial charge on any atom is -0.482 e. The summed E-state index contributed by atoms with van der Waals surface area (Å²) in [5.41, 5.74) is 3.98. The van der Waals surface area contributed by atoms with Gasteiger partial charge in [0.2, 0.25) is 5.91 Å². The van der Waals surface area contributed by atoms with Crippen LogP contribution < -0.4 is 10.1 Å². The molecule has 30 heavy (non-hydrogen) atoms. The number of rotatable bonds is 6. The van der Waals surface area contributed by atoms with E-state index in [1.54, 1.807) is 12.1 Å². The number of ether oxygens (including phenoxy) is 1. The zero-order valence-electron chi connectivity index (χ0n) is 16.4. The van der Waals surface area contributed by atoms with Crippen LogP contribution in [0.2, 0.25) is 0 Å². The number of fused-ring (bicyclic) bond motifs is 1. The number of nitro benzene ring substituents is 1. The fourth-order valence-electron chi connectivity index (χ4n) is 3.78. The third kappa shape index (κ3) is 4.49. The quantitative estimate of drug-likeness (QED) is 0.485. The number of nitro groups is 1. The van der Waals surface area contributed by atoms with E-state index in [1.165, 1.54) is 6.07 Å². The molecule has 0 fully saturated rings. The lowest BCUT2D eigenvalue weighted by atomic mass is 9.94. The summed E-state index contributed by atoms with van der Waals surface area (Å²) in [5, 5.41) is 14.5. The molecular formula is C24H22N2O4. The maximum absolute atomic E-state index is 12.2. The topological polar surface area (TPSA) is 81.5 Å². The van der Waals surface area contributed by atoms with Gasteiger partial charge in [-0.25, -0.2) is 0 Å². The Labute approximate surface area is 174 Å². The highest BCUT2D eigenvalue weighted by Gasteiger charge is 2.23. The van der Waals surface area contributed by atoms with Gasteiger partial charge in [0.25, 0.3) is 0 Å². The molecule has 1 unspecified atom stereocenters. The van der Waals surface area contributed by atoms with Gasteiger partial charge in [0.15, 0.2) is 5.75 Å². The summed E-state index contributed by atoms with van der Waals surface area (Å²) in [7, 11) is 0. The lowest BCUT2D eigenvalue weighted by Gasteiger charge is -2.19. The Bertz CT molecular complexity index is 1070. The normalized spacial score (nSPS) is 15.6. The zero-order chi connectivity index (χ0) is 20.9. The van der Waals surface area contributed by atoms with E-state index in [1.807, 2.05) is 54.6 Å². The molecule has 1 aliphatic rings. The minimum atomic E-state index is -0.438. The number of amides is 1. The van der Waals surface area contributed by atoms with E-state index in [2.05, 4.69) is 5.32 Å². The molecule has 0 radical (unpaired) electrons. The molecule has 3 aromatic carbocycles. The predicted molar refractivity (Wildman–Crippen MR) is 113 cm³/mol. The summed E-state index contributed by atoms with van der Waals surface area (Å²) in [5.74, 6) is 0.244. The van der Waals surface area contributed by atoms with Crippen LogP contribution in [0.4, 0.5) is 5.69 Å². The lowest BCUT2D eigenvalue weighted by molar-refractivity contribution is -0.386. The minimum absolute atomic E-state index is 0.0127. The van der Waals surface area contributed by atoms with Crippen LogP contribution in [-0.4, -0.2) is 10.8 Å². The van der Waals surface area contributed by atoms with E-state index in [9.17, 15) is 14.9 Å². The predicted octanol–water partition coefficient (Wildman–Crippen LogP) is 4.52. The molecule has 1 atom stereocenters. The van der Waals surface area contributed by atoms with Gasteiger partial charge in [0.1, 0.15) is 6.61 Å². The molecule has 0 spiro atoms. The van der Waals surface area contributed by atoms with Crippen LogP contribution in [0.25, 0.3) is 0 Å². The van der Waals surface area contributed by atoms with Crippen LogP contribution >= 0.6 is 0 Å². The summed E-state index contributed by atoms with van der Waals surface area (Å²) in [6.07, 6.45) is 1.70. The van der Waals surface area contributed by atoms with Crippen LogP contribution in [0, 0.1) is 10.1 Å². The first kappa shape index (κ1) is 19.6. The van der Waals surface area contributed by atoms with Crippen molar-refractivity contribution >= 4 is 11.6 Å². The summed E-state index contributed by atoms with van der Waals surface area (Å²) in [6, 6.07) is 22.3. The lowest BCUT2D eigenvalue weighted by Crippen LogP contribution is -2.28. The molecule has 0 saturated carbocycles. The van der Waals surface area contributed by atoms with E-state index in [0.717, 1.165) is 22.3 Å². The van der Waals surface area contributed by atoms with Crippen molar-refractivity contribution in [1.29, 1.82) is 0 Å². The van der Waals surface area contributed by atoms with Crippen molar-refractivity contribution in [2.24, 2.45) is 0 Å². The van der Waals surface area contributed by atoms with Crippen LogP contribution in [0.3, 0.4) is 0 Å². The third-order valence-electron chi connectivity index (χ3n) is 5.29. The fraction of sp³-hybridized carbons (Fsp3) is 0.208. The summed E-state index contributed by atoms with van der Waals surface area (Å²) >= 11 is 0. The van der Waals surface area contributed by atoms with Gasteiger partial charge in [-0.05, 0) is 41.2 Å². The van der Waals surface area contributed by atoms with Gasteiger partial charge in [-0.15, -0.1) is 0 Å². The van der Waals surface area contributed by atoms with Crippen molar-refractivity contribution in [3.63, 3.8) is 0 Å². The number of carbonyl (C=O) groups excluding carboxylic acids is 1. The van der Waals surface area contributed by atoms with Gasteiger partial charge >= 0.3 is 5.69 Å². The number of nitrogens with zero attached hydrogens (tertiary/aromatic N) is 1. The van der Waals surface area contributed by atoms with Gasteiger partial charge in [0.05, 0.1) is 11.0 Å². The molecule has 0 bridgehead atoms. The van der Waals surface area contributed by atoms with Gasteiger partial charge in [-0.1, -0.05) is 60.7 Å². The van der Waals surface area contributed by atoms with Crippen molar-refractivity contribution in [2.75, 3.05) is 0 Å². The third-order valence-corrected chi connectivity index (χ3v) is 5.29. The van der Waals surface area contributed by atoms with E-state index in [-0.39, 0.29) is 30.0 Å². The summed E-state index contributed by atoms with van der Waals surface area (Å²) in [4.78, 5) is 23.2. The number of carbonyl (C=O) groups is 1. The number of benzene rings is 3. The van der Waals surface area contributed by atoms with Crippen molar-refractivity contribution in [1.82, 2.24) is 5.32 Å². The van der Waals surface area contributed by atoms with Gasteiger partial charge in [-0.3, -0.25) is 14.9 Å².